The highest BCUT2D eigenvalue weighted by molar-refractivity contribution is 5.91. The van der Waals surface area contributed by atoms with Gasteiger partial charge in [0.05, 0.1) is 27.0 Å². The summed E-state index contributed by atoms with van der Waals surface area (Å²) in [4.78, 5) is 12.2. The van der Waals surface area contributed by atoms with Gasteiger partial charge in [-0.15, -0.1) is 10.2 Å². The van der Waals surface area contributed by atoms with E-state index < -0.39 is 5.97 Å². The summed E-state index contributed by atoms with van der Waals surface area (Å²) in [5.74, 6) is 1.48. The van der Waals surface area contributed by atoms with Crippen LogP contribution in [0.1, 0.15) is 27.7 Å². The smallest absolute Gasteiger partial charge is 0.344 e. The number of esters is 1. The predicted octanol–water partition coefficient (Wildman–Crippen LogP) is 2.72. The minimum Gasteiger partial charge on any atom is -0.493 e. The van der Waals surface area contributed by atoms with Gasteiger partial charge in [-0.25, -0.2) is 4.79 Å². The lowest BCUT2D eigenvalue weighted by Gasteiger charge is -2.12. The third-order valence-electron chi connectivity index (χ3n) is 3.94. The Morgan fingerprint density at radius 3 is 2.25 bits per heavy atom. The van der Waals surface area contributed by atoms with E-state index in [1.165, 1.54) is 21.3 Å². The molecule has 3 aromatic rings. The molecule has 28 heavy (non-hydrogen) atoms. The number of nitrogens with zero attached hydrogens (tertiary/aromatic N) is 3. The topological polar surface area (TPSA) is 119 Å². The lowest BCUT2D eigenvalue weighted by Crippen LogP contribution is -2.07. The van der Waals surface area contributed by atoms with Crippen LogP contribution in [0, 0.1) is 13.8 Å². The summed E-state index contributed by atoms with van der Waals surface area (Å²) < 4.78 is 31.7. The second-order valence-electron chi connectivity index (χ2n) is 5.69. The summed E-state index contributed by atoms with van der Waals surface area (Å²) in [6, 6.07) is 3.35. The van der Waals surface area contributed by atoms with E-state index in [1.807, 2.05) is 0 Å². The molecule has 0 radical (unpaired) electrons. The van der Waals surface area contributed by atoms with Crippen LogP contribution in [0.3, 0.4) is 0 Å². The number of ether oxygens (including phenoxy) is 4. The van der Waals surface area contributed by atoms with Gasteiger partial charge in [-0.05, 0) is 26.0 Å². The summed E-state index contributed by atoms with van der Waals surface area (Å²) in [5.41, 5.74) is 1.29. The summed E-state index contributed by atoms with van der Waals surface area (Å²) in [6.07, 6.45) is 0. The van der Waals surface area contributed by atoms with E-state index in [4.69, 9.17) is 27.9 Å². The Balaban J connectivity index is 1.78. The van der Waals surface area contributed by atoms with Crippen molar-refractivity contribution >= 4 is 5.97 Å². The van der Waals surface area contributed by atoms with E-state index >= 15 is 0 Å². The fourth-order valence-corrected chi connectivity index (χ4v) is 2.61. The van der Waals surface area contributed by atoms with Gasteiger partial charge in [-0.2, -0.15) is 0 Å². The van der Waals surface area contributed by atoms with Crippen LogP contribution in [0.5, 0.6) is 17.2 Å². The summed E-state index contributed by atoms with van der Waals surface area (Å²) in [5, 5.41) is 11.6. The molecule has 148 valence electrons. The maximum atomic E-state index is 12.2. The van der Waals surface area contributed by atoms with Crippen LogP contribution in [0.25, 0.3) is 11.5 Å². The first-order valence-corrected chi connectivity index (χ1v) is 8.21. The maximum Gasteiger partial charge on any atom is 0.344 e. The quantitative estimate of drug-likeness (QED) is 0.558. The van der Waals surface area contributed by atoms with Gasteiger partial charge >= 0.3 is 5.97 Å². The Bertz CT molecular complexity index is 948. The van der Waals surface area contributed by atoms with Gasteiger partial charge in [0.15, 0.2) is 18.1 Å². The molecule has 0 unspecified atom stereocenters. The van der Waals surface area contributed by atoms with E-state index in [9.17, 15) is 4.79 Å². The molecule has 0 aliphatic heterocycles. The molecule has 0 aliphatic rings. The third-order valence-corrected chi connectivity index (χ3v) is 3.94. The van der Waals surface area contributed by atoms with Crippen molar-refractivity contribution in [3.8, 4) is 28.7 Å². The van der Waals surface area contributed by atoms with E-state index in [2.05, 4.69) is 15.4 Å². The molecule has 3 rings (SSSR count). The Morgan fingerprint density at radius 1 is 1.04 bits per heavy atom. The Kier molecular flexibility index (Phi) is 5.48. The zero-order chi connectivity index (χ0) is 20.3. The summed E-state index contributed by atoms with van der Waals surface area (Å²) in [6.45, 7) is 3.09. The highest BCUT2D eigenvalue weighted by Crippen LogP contribution is 2.40. The third kappa shape index (κ3) is 3.61. The molecule has 0 saturated carbocycles. The van der Waals surface area contributed by atoms with E-state index in [0.29, 0.717) is 34.3 Å². The second-order valence-corrected chi connectivity index (χ2v) is 5.69. The zero-order valence-electron chi connectivity index (χ0n) is 16.1. The minimum atomic E-state index is -0.580. The number of carbonyl (C=O) groups is 1. The van der Waals surface area contributed by atoms with Crippen LogP contribution >= 0.6 is 0 Å². The number of aromatic nitrogens is 3. The summed E-state index contributed by atoms with van der Waals surface area (Å²) in [7, 11) is 4.53. The second kappa shape index (κ2) is 7.99. The van der Waals surface area contributed by atoms with Gasteiger partial charge in [0.25, 0.3) is 5.89 Å². The van der Waals surface area contributed by atoms with Crippen molar-refractivity contribution in [1.29, 1.82) is 0 Å². The van der Waals surface area contributed by atoms with Crippen molar-refractivity contribution < 1.29 is 32.7 Å². The van der Waals surface area contributed by atoms with Crippen molar-refractivity contribution in [2.24, 2.45) is 0 Å². The molecule has 0 aliphatic carbocycles. The van der Waals surface area contributed by atoms with Crippen molar-refractivity contribution in [3.63, 3.8) is 0 Å². The van der Waals surface area contributed by atoms with Crippen molar-refractivity contribution in [3.05, 3.63) is 35.0 Å². The molecule has 0 atom stereocenters. The number of rotatable bonds is 7. The number of benzene rings is 1. The van der Waals surface area contributed by atoms with Gasteiger partial charge in [0.1, 0.15) is 11.3 Å². The highest BCUT2D eigenvalue weighted by atomic mass is 16.5. The Morgan fingerprint density at radius 2 is 1.71 bits per heavy atom. The number of hydrogen-bond donors (Lipinski definition) is 0. The molecule has 0 saturated heterocycles. The lowest BCUT2D eigenvalue weighted by molar-refractivity contribution is 0.0436. The Hall–Kier alpha value is -3.56. The molecular formula is C18H19N3O7. The van der Waals surface area contributed by atoms with Crippen molar-refractivity contribution in [2.45, 2.75) is 20.5 Å². The largest absolute Gasteiger partial charge is 0.493 e. The van der Waals surface area contributed by atoms with Crippen LogP contribution in [0.2, 0.25) is 0 Å². The van der Waals surface area contributed by atoms with Gasteiger partial charge in [-0.3, -0.25) is 0 Å². The standard InChI is InChI=1S/C18H19N3O7/c1-9-15(10(2)28-21-9)18(22)26-8-14-19-20-17(27-14)11-6-12(23-3)16(25-5)13(7-11)24-4/h6-7H,8H2,1-5H3. The number of aryl methyl sites for hydroxylation is 2. The molecule has 2 aromatic heterocycles. The molecule has 0 N–H and O–H groups in total. The SMILES string of the molecule is COc1cc(-c2nnc(COC(=O)c3c(C)noc3C)o2)cc(OC)c1OC. The lowest BCUT2D eigenvalue weighted by atomic mass is 10.2. The molecule has 2 heterocycles. The van der Waals surface area contributed by atoms with Gasteiger partial charge in [-0.1, -0.05) is 5.16 Å². The predicted molar refractivity (Wildman–Crippen MR) is 94.5 cm³/mol. The number of methoxy groups -OCH3 is 3. The van der Waals surface area contributed by atoms with Gasteiger partial charge < -0.3 is 27.9 Å². The van der Waals surface area contributed by atoms with Crippen molar-refractivity contribution in [2.75, 3.05) is 21.3 Å². The maximum absolute atomic E-state index is 12.2. The monoisotopic (exact) mass is 389 g/mol. The van der Waals surface area contributed by atoms with Gasteiger partial charge in [0, 0.05) is 5.56 Å². The van der Waals surface area contributed by atoms with E-state index in [1.54, 1.807) is 26.0 Å². The molecule has 0 spiro atoms. The van der Waals surface area contributed by atoms with Crippen molar-refractivity contribution in [1.82, 2.24) is 15.4 Å². The highest BCUT2D eigenvalue weighted by Gasteiger charge is 2.21. The van der Waals surface area contributed by atoms with E-state index in [0.717, 1.165) is 0 Å². The van der Waals surface area contributed by atoms with Crippen LogP contribution in [0.4, 0.5) is 0 Å². The fraction of sp³-hybridized carbons (Fsp3) is 0.333. The normalized spacial score (nSPS) is 10.6. The first-order chi connectivity index (χ1) is 13.5. The summed E-state index contributed by atoms with van der Waals surface area (Å²) >= 11 is 0. The van der Waals surface area contributed by atoms with Crippen LogP contribution < -0.4 is 14.2 Å². The van der Waals surface area contributed by atoms with E-state index in [-0.39, 0.29) is 24.0 Å². The molecule has 10 nitrogen and oxygen atoms in total. The first-order valence-electron chi connectivity index (χ1n) is 8.21. The fourth-order valence-electron chi connectivity index (χ4n) is 2.61. The molecule has 10 heteroatoms. The molecule has 0 fully saturated rings. The average molecular weight is 389 g/mol. The molecule has 0 amide bonds. The Labute approximate surface area is 160 Å². The molecule has 1 aromatic carbocycles. The minimum absolute atomic E-state index is 0.129. The van der Waals surface area contributed by atoms with Gasteiger partial charge in [0.2, 0.25) is 11.6 Å². The average Bonchev–Trinajstić information content (AvgIpc) is 3.31. The van der Waals surface area contributed by atoms with Crippen LogP contribution in [-0.2, 0) is 11.3 Å². The zero-order valence-corrected chi connectivity index (χ0v) is 16.1. The van der Waals surface area contributed by atoms with Crippen LogP contribution in [-0.4, -0.2) is 42.7 Å². The molecular weight excluding hydrogens is 370 g/mol. The van der Waals surface area contributed by atoms with Crippen LogP contribution in [0.15, 0.2) is 21.1 Å². The number of carbonyl (C=O) groups excluding carboxylic acids is 1. The number of hydrogen-bond acceptors (Lipinski definition) is 10. The molecule has 0 bridgehead atoms. The first kappa shape index (κ1) is 19.2.